The fourth-order valence-electron chi connectivity index (χ4n) is 1.56. The summed E-state index contributed by atoms with van der Waals surface area (Å²) < 4.78 is 40.6. The van der Waals surface area contributed by atoms with Crippen molar-refractivity contribution < 1.29 is 17.9 Å². The molecule has 3 nitrogen and oxygen atoms in total. The molecule has 1 heterocycles. The summed E-state index contributed by atoms with van der Waals surface area (Å²) in [7, 11) is 0. The Labute approximate surface area is 98.4 Å². The van der Waals surface area contributed by atoms with Gasteiger partial charge in [-0.1, -0.05) is 13.3 Å². The highest BCUT2D eigenvalue weighted by Gasteiger charge is 2.28. The van der Waals surface area contributed by atoms with Crippen LogP contribution in [0, 0.1) is 0 Å². The van der Waals surface area contributed by atoms with Crippen LogP contribution in [0.15, 0.2) is 18.5 Å². The number of halogens is 3. The fraction of sp³-hybridized carbons (Fsp3) is 0.636. The molecular formula is C11H17F3N2O. The van der Waals surface area contributed by atoms with Gasteiger partial charge >= 0.3 is 6.36 Å². The van der Waals surface area contributed by atoms with Crippen LogP contribution in [-0.4, -0.2) is 17.5 Å². The van der Waals surface area contributed by atoms with Gasteiger partial charge in [0, 0.05) is 25.0 Å². The second-order valence-electron chi connectivity index (χ2n) is 3.87. The quantitative estimate of drug-likeness (QED) is 0.843. The van der Waals surface area contributed by atoms with Crippen molar-refractivity contribution in [2.75, 3.05) is 6.61 Å². The third-order valence-electron chi connectivity index (χ3n) is 2.42. The first-order chi connectivity index (χ1) is 7.92. The molecule has 17 heavy (non-hydrogen) atoms. The number of hydrogen-bond acceptors (Lipinski definition) is 2. The Balaban J connectivity index is 2.40. The number of aromatic nitrogens is 1. The summed E-state index contributed by atoms with van der Waals surface area (Å²) in [5.74, 6) is 0. The van der Waals surface area contributed by atoms with Gasteiger partial charge in [0.15, 0.2) is 0 Å². The minimum Gasteiger partial charge on any atom is -0.352 e. The van der Waals surface area contributed by atoms with Crippen molar-refractivity contribution >= 4 is 0 Å². The van der Waals surface area contributed by atoms with E-state index in [-0.39, 0.29) is 19.2 Å². The van der Waals surface area contributed by atoms with Crippen LogP contribution in [0.3, 0.4) is 0 Å². The lowest BCUT2D eigenvalue weighted by Gasteiger charge is -2.09. The van der Waals surface area contributed by atoms with E-state index in [0.29, 0.717) is 0 Å². The zero-order chi connectivity index (χ0) is 12.9. The van der Waals surface area contributed by atoms with Crippen molar-refractivity contribution in [1.29, 1.82) is 0 Å². The Kier molecular flexibility index (Phi) is 5.02. The number of nitrogens with two attached hydrogens (primary N) is 1. The summed E-state index contributed by atoms with van der Waals surface area (Å²) in [6.45, 7) is 1.81. The van der Waals surface area contributed by atoms with Crippen molar-refractivity contribution in [2.24, 2.45) is 5.73 Å². The van der Waals surface area contributed by atoms with Crippen molar-refractivity contribution in [3.63, 3.8) is 0 Å². The maximum atomic E-state index is 11.7. The normalized spacial score (nSPS) is 13.9. The van der Waals surface area contributed by atoms with Gasteiger partial charge in [0.05, 0.1) is 6.61 Å². The molecule has 0 saturated carbocycles. The van der Waals surface area contributed by atoms with Crippen LogP contribution < -0.4 is 5.73 Å². The van der Waals surface area contributed by atoms with E-state index in [1.54, 1.807) is 17.0 Å². The van der Waals surface area contributed by atoms with E-state index in [4.69, 9.17) is 5.73 Å². The molecule has 1 atom stereocenters. The smallest absolute Gasteiger partial charge is 0.352 e. The monoisotopic (exact) mass is 250 g/mol. The van der Waals surface area contributed by atoms with Gasteiger partial charge in [-0.15, -0.1) is 13.2 Å². The molecule has 0 fully saturated rings. The predicted molar refractivity (Wildman–Crippen MR) is 58.3 cm³/mol. The second-order valence-corrected chi connectivity index (χ2v) is 3.87. The van der Waals surface area contributed by atoms with E-state index in [1.165, 1.54) is 0 Å². The molecule has 0 saturated heterocycles. The molecule has 1 aromatic rings. The molecule has 0 amide bonds. The maximum Gasteiger partial charge on any atom is 0.522 e. The molecule has 0 aliphatic carbocycles. The van der Waals surface area contributed by atoms with Crippen LogP contribution in [0.2, 0.25) is 0 Å². The van der Waals surface area contributed by atoms with Gasteiger partial charge in [-0.2, -0.15) is 0 Å². The highest BCUT2D eigenvalue weighted by molar-refractivity contribution is 5.14. The first-order valence-corrected chi connectivity index (χ1v) is 5.54. The molecule has 1 unspecified atom stereocenters. The first-order valence-electron chi connectivity index (χ1n) is 5.54. The van der Waals surface area contributed by atoms with Crippen LogP contribution in [0.5, 0.6) is 0 Å². The molecule has 0 aliphatic heterocycles. The highest BCUT2D eigenvalue weighted by Crippen LogP contribution is 2.17. The molecule has 0 spiro atoms. The van der Waals surface area contributed by atoms with Gasteiger partial charge in [0.2, 0.25) is 0 Å². The number of nitrogens with zero attached hydrogens (tertiary/aromatic N) is 1. The standard InChI is InChI=1S/C11H17F3N2O/c1-2-3-10(15)9-4-5-16(8-9)6-7-17-11(12,13)14/h4-5,8,10H,2-3,6-7,15H2,1H3. The largest absolute Gasteiger partial charge is 0.522 e. The van der Waals surface area contributed by atoms with Crippen molar-refractivity contribution in [1.82, 2.24) is 4.57 Å². The Morgan fingerprint density at radius 2 is 2.18 bits per heavy atom. The van der Waals surface area contributed by atoms with Crippen LogP contribution in [0.25, 0.3) is 0 Å². The van der Waals surface area contributed by atoms with E-state index < -0.39 is 6.36 Å². The Morgan fingerprint density at radius 1 is 1.47 bits per heavy atom. The third-order valence-corrected chi connectivity index (χ3v) is 2.42. The molecule has 98 valence electrons. The molecular weight excluding hydrogens is 233 g/mol. The summed E-state index contributed by atoms with van der Waals surface area (Å²) in [4.78, 5) is 0. The lowest BCUT2D eigenvalue weighted by Crippen LogP contribution is -2.17. The summed E-state index contributed by atoms with van der Waals surface area (Å²) >= 11 is 0. The van der Waals surface area contributed by atoms with Crippen LogP contribution >= 0.6 is 0 Å². The first kappa shape index (κ1) is 14.1. The summed E-state index contributed by atoms with van der Waals surface area (Å²) in [5.41, 5.74) is 6.84. The van der Waals surface area contributed by atoms with Crippen molar-refractivity contribution in [2.45, 2.75) is 38.7 Å². The van der Waals surface area contributed by atoms with Gasteiger partial charge in [-0.3, -0.25) is 4.74 Å². The predicted octanol–water partition coefficient (Wildman–Crippen LogP) is 2.82. The van der Waals surface area contributed by atoms with Gasteiger partial charge in [0.25, 0.3) is 0 Å². The second kappa shape index (κ2) is 6.07. The Hall–Kier alpha value is -1.01. The summed E-state index contributed by atoms with van der Waals surface area (Å²) in [5, 5.41) is 0. The topological polar surface area (TPSA) is 40.2 Å². The van der Waals surface area contributed by atoms with E-state index in [2.05, 4.69) is 4.74 Å². The lowest BCUT2D eigenvalue weighted by molar-refractivity contribution is -0.325. The average molecular weight is 250 g/mol. The zero-order valence-electron chi connectivity index (χ0n) is 9.70. The Bertz CT molecular complexity index is 336. The van der Waals surface area contributed by atoms with Crippen molar-refractivity contribution in [3.8, 4) is 0 Å². The van der Waals surface area contributed by atoms with E-state index in [0.717, 1.165) is 18.4 Å². The van der Waals surface area contributed by atoms with Gasteiger partial charge in [-0.05, 0) is 18.1 Å². The number of alkyl halides is 3. The molecule has 0 aliphatic rings. The van der Waals surface area contributed by atoms with Gasteiger partial charge in [-0.25, -0.2) is 0 Å². The van der Waals surface area contributed by atoms with Gasteiger partial charge in [0.1, 0.15) is 0 Å². The van der Waals surface area contributed by atoms with Crippen LogP contribution in [0.1, 0.15) is 31.4 Å². The minimum absolute atomic E-state index is 0.0511. The average Bonchev–Trinajstić information content (AvgIpc) is 2.65. The molecule has 6 heteroatoms. The van der Waals surface area contributed by atoms with Crippen molar-refractivity contribution in [3.05, 3.63) is 24.0 Å². The lowest BCUT2D eigenvalue weighted by atomic mass is 10.1. The van der Waals surface area contributed by atoms with E-state index in [1.807, 2.05) is 13.0 Å². The molecule has 1 aromatic heterocycles. The number of ether oxygens (including phenoxy) is 1. The number of rotatable bonds is 6. The van der Waals surface area contributed by atoms with Gasteiger partial charge < -0.3 is 10.3 Å². The number of hydrogen-bond donors (Lipinski definition) is 1. The van der Waals surface area contributed by atoms with Crippen LogP contribution in [0.4, 0.5) is 13.2 Å². The minimum atomic E-state index is -4.56. The highest BCUT2D eigenvalue weighted by atomic mass is 19.4. The Morgan fingerprint density at radius 3 is 2.76 bits per heavy atom. The third kappa shape index (κ3) is 5.23. The molecule has 1 rings (SSSR count). The summed E-state index contributed by atoms with van der Waals surface area (Å²) in [6.07, 6.45) is 0.756. The van der Waals surface area contributed by atoms with E-state index in [9.17, 15) is 13.2 Å². The maximum absolute atomic E-state index is 11.7. The molecule has 0 bridgehead atoms. The molecule has 0 aromatic carbocycles. The summed E-state index contributed by atoms with van der Waals surface area (Å²) in [6, 6.07) is 1.78. The molecule has 0 radical (unpaired) electrons. The fourth-order valence-corrected chi connectivity index (χ4v) is 1.56. The molecule has 2 N–H and O–H groups in total. The SMILES string of the molecule is CCCC(N)c1ccn(CCOC(F)(F)F)c1. The zero-order valence-corrected chi connectivity index (χ0v) is 9.70. The van der Waals surface area contributed by atoms with E-state index >= 15 is 0 Å². The van der Waals surface area contributed by atoms with Crippen LogP contribution in [-0.2, 0) is 11.3 Å².